The van der Waals surface area contributed by atoms with Gasteiger partial charge < -0.3 is 11.1 Å². The van der Waals surface area contributed by atoms with E-state index in [-0.39, 0.29) is 5.91 Å². The lowest BCUT2D eigenvalue weighted by Crippen LogP contribution is -2.13. The zero-order valence-corrected chi connectivity index (χ0v) is 12.5. The molecule has 3 aromatic rings. The summed E-state index contributed by atoms with van der Waals surface area (Å²) in [6.07, 6.45) is 1.67. The molecule has 3 aromatic heterocycles. The summed E-state index contributed by atoms with van der Waals surface area (Å²) in [4.78, 5) is 21.4. The standard InChI is InChI=1S/C15H14N4OS/c1-8-5-6-10(9(2)18-8)19-15(20)14-12(16)13-11(21-14)4-3-7-17-13/h3-7H,16H2,1-2H3,(H,19,20). The Morgan fingerprint density at radius 1 is 1.29 bits per heavy atom. The van der Waals surface area contributed by atoms with Crippen molar-refractivity contribution in [3.05, 3.63) is 46.7 Å². The molecular formula is C15H14N4OS. The quantitative estimate of drug-likeness (QED) is 0.761. The van der Waals surface area contributed by atoms with Gasteiger partial charge in [0.1, 0.15) is 10.4 Å². The highest BCUT2D eigenvalue weighted by atomic mass is 32.1. The van der Waals surface area contributed by atoms with Gasteiger partial charge in [0.25, 0.3) is 5.91 Å². The molecule has 0 unspecified atom stereocenters. The molecule has 3 N–H and O–H groups in total. The molecule has 0 spiro atoms. The van der Waals surface area contributed by atoms with Gasteiger partial charge in [0, 0.05) is 11.9 Å². The van der Waals surface area contributed by atoms with Gasteiger partial charge in [-0.05, 0) is 38.1 Å². The number of amides is 1. The van der Waals surface area contributed by atoms with E-state index in [1.54, 1.807) is 6.20 Å². The van der Waals surface area contributed by atoms with Crippen LogP contribution in [0.15, 0.2) is 30.5 Å². The normalized spacial score (nSPS) is 10.8. The summed E-state index contributed by atoms with van der Waals surface area (Å²) in [5.41, 5.74) is 9.50. The Hall–Kier alpha value is -2.47. The number of aromatic nitrogens is 2. The topological polar surface area (TPSA) is 80.9 Å². The molecule has 5 nitrogen and oxygen atoms in total. The lowest BCUT2D eigenvalue weighted by atomic mass is 10.2. The lowest BCUT2D eigenvalue weighted by Gasteiger charge is -2.07. The highest BCUT2D eigenvalue weighted by Gasteiger charge is 2.17. The van der Waals surface area contributed by atoms with Crippen molar-refractivity contribution < 1.29 is 4.79 Å². The third kappa shape index (κ3) is 2.45. The van der Waals surface area contributed by atoms with Crippen LogP contribution in [-0.2, 0) is 0 Å². The summed E-state index contributed by atoms with van der Waals surface area (Å²) in [5.74, 6) is -0.232. The molecule has 21 heavy (non-hydrogen) atoms. The third-order valence-electron chi connectivity index (χ3n) is 3.16. The molecule has 6 heteroatoms. The Bertz CT molecular complexity index is 841. The van der Waals surface area contributed by atoms with Crippen molar-refractivity contribution in [2.24, 2.45) is 0 Å². The molecule has 0 aromatic carbocycles. The van der Waals surface area contributed by atoms with Crippen molar-refractivity contribution in [3.63, 3.8) is 0 Å². The van der Waals surface area contributed by atoms with Crippen molar-refractivity contribution in [2.75, 3.05) is 11.1 Å². The second-order valence-electron chi connectivity index (χ2n) is 4.73. The number of nitrogen functional groups attached to an aromatic ring is 1. The number of nitrogens with zero attached hydrogens (tertiary/aromatic N) is 2. The highest BCUT2D eigenvalue weighted by molar-refractivity contribution is 7.21. The van der Waals surface area contributed by atoms with Crippen LogP contribution in [0.4, 0.5) is 11.4 Å². The van der Waals surface area contributed by atoms with Crippen molar-refractivity contribution in [3.8, 4) is 0 Å². The number of carbonyl (C=O) groups is 1. The van der Waals surface area contributed by atoms with Crippen molar-refractivity contribution in [2.45, 2.75) is 13.8 Å². The zero-order chi connectivity index (χ0) is 15.0. The van der Waals surface area contributed by atoms with Gasteiger partial charge >= 0.3 is 0 Å². The summed E-state index contributed by atoms with van der Waals surface area (Å²) >= 11 is 1.34. The maximum atomic E-state index is 12.4. The van der Waals surface area contributed by atoms with E-state index in [1.165, 1.54) is 11.3 Å². The average molecular weight is 298 g/mol. The van der Waals surface area contributed by atoms with E-state index in [9.17, 15) is 4.79 Å². The molecule has 0 saturated carbocycles. The zero-order valence-electron chi connectivity index (χ0n) is 11.7. The fourth-order valence-corrected chi connectivity index (χ4v) is 3.09. The van der Waals surface area contributed by atoms with Crippen molar-refractivity contribution >= 4 is 38.8 Å². The summed E-state index contributed by atoms with van der Waals surface area (Å²) < 4.78 is 0.902. The van der Waals surface area contributed by atoms with E-state index in [1.807, 2.05) is 38.1 Å². The molecule has 0 aliphatic heterocycles. The van der Waals surface area contributed by atoms with Crippen LogP contribution in [-0.4, -0.2) is 15.9 Å². The van der Waals surface area contributed by atoms with E-state index in [2.05, 4.69) is 15.3 Å². The van der Waals surface area contributed by atoms with Crippen LogP contribution in [0.2, 0.25) is 0 Å². The SMILES string of the molecule is Cc1ccc(NC(=O)c2sc3cccnc3c2N)c(C)n1. The van der Waals surface area contributed by atoms with Gasteiger partial charge in [-0.1, -0.05) is 0 Å². The van der Waals surface area contributed by atoms with Crippen molar-refractivity contribution in [1.29, 1.82) is 0 Å². The van der Waals surface area contributed by atoms with E-state index in [0.717, 1.165) is 16.1 Å². The van der Waals surface area contributed by atoms with Crippen LogP contribution < -0.4 is 11.1 Å². The Morgan fingerprint density at radius 3 is 2.81 bits per heavy atom. The molecule has 0 atom stereocenters. The van der Waals surface area contributed by atoms with Crippen LogP contribution in [0.1, 0.15) is 21.1 Å². The minimum atomic E-state index is -0.232. The summed E-state index contributed by atoms with van der Waals surface area (Å²) in [5, 5.41) is 2.86. The van der Waals surface area contributed by atoms with Crippen LogP contribution in [0.25, 0.3) is 10.2 Å². The first kappa shape index (κ1) is 13.5. The van der Waals surface area contributed by atoms with Gasteiger partial charge in [0.2, 0.25) is 0 Å². The fraction of sp³-hybridized carbons (Fsp3) is 0.133. The Morgan fingerprint density at radius 2 is 2.10 bits per heavy atom. The molecule has 106 valence electrons. The number of hydrogen-bond donors (Lipinski definition) is 2. The lowest BCUT2D eigenvalue weighted by molar-refractivity contribution is 0.103. The molecule has 0 saturated heterocycles. The average Bonchev–Trinajstić information content (AvgIpc) is 2.80. The molecule has 1 amide bonds. The smallest absolute Gasteiger partial charge is 0.268 e. The second-order valence-corrected chi connectivity index (χ2v) is 5.79. The Labute approximate surface area is 125 Å². The van der Waals surface area contributed by atoms with Crippen LogP contribution >= 0.6 is 11.3 Å². The van der Waals surface area contributed by atoms with E-state index in [4.69, 9.17) is 5.73 Å². The van der Waals surface area contributed by atoms with E-state index < -0.39 is 0 Å². The van der Waals surface area contributed by atoms with Gasteiger partial charge in [-0.3, -0.25) is 14.8 Å². The predicted octanol–water partition coefficient (Wildman–Crippen LogP) is 3.14. The van der Waals surface area contributed by atoms with Gasteiger partial charge in [-0.2, -0.15) is 0 Å². The number of pyridine rings is 2. The second kappa shape index (κ2) is 5.14. The molecule has 3 rings (SSSR count). The first-order chi connectivity index (χ1) is 10.1. The number of carbonyl (C=O) groups excluding carboxylic acids is 1. The first-order valence-electron chi connectivity index (χ1n) is 6.45. The largest absolute Gasteiger partial charge is 0.396 e. The number of fused-ring (bicyclic) bond motifs is 1. The molecule has 0 fully saturated rings. The van der Waals surface area contributed by atoms with Crippen LogP contribution in [0.5, 0.6) is 0 Å². The number of nitrogens with one attached hydrogen (secondary N) is 1. The maximum Gasteiger partial charge on any atom is 0.268 e. The van der Waals surface area contributed by atoms with E-state index in [0.29, 0.717) is 21.8 Å². The molecular weight excluding hydrogens is 284 g/mol. The van der Waals surface area contributed by atoms with Crippen LogP contribution in [0.3, 0.4) is 0 Å². The minimum absolute atomic E-state index is 0.232. The van der Waals surface area contributed by atoms with Gasteiger partial charge in [-0.25, -0.2) is 0 Å². The van der Waals surface area contributed by atoms with E-state index >= 15 is 0 Å². The summed E-state index contributed by atoms with van der Waals surface area (Å²) in [7, 11) is 0. The number of anilines is 2. The van der Waals surface area contributed by atoms with Crippen molar-refractivity contribution in [1.82, 2.24) is 9.97 Å². The molecule has 0 aliphatic carbocycles. The third-order valence-corrected chi connectivity index (χ3v) is 4.32. The Kier molecular flexibility index (Phi) is 3.31. The Balaban J connectivity index is 1.95. The predicted molar refractivity (Wildman–Crippen MR) is 85.7 cm³/mol. The number of nitrogens with two attached hydrogens (primary N) is 1. The first-order valence-corrected chi connectivity index (χ1v) is 7.26. The molecule has 0 radical (unpaired) electrons. The van der Waals surface area contributed by atoms with Gasteiger partial charge in [-0.15, -0.1) is 11.3 Å². The number of hydrogen-bond acceptors (Lipinski definition) is 5. The number of aryl methyl sites for hydroxylation is 2. The summed E-state index contributed by atoms with van der Waals surface area (Å²) in [6.45, 7) is 3.77. The monoisotopic (exact) mass is 298 g/mol. The highest BCUT2D eigenvalue weighted by Crippen LogP contribution is 2.32. The van der Waals surface area contributed by atoms with Gasteiger partial charge in [0.05, 0.1) is 21.8 Å². The molecule has 0 bridgehead atoms. The number of thiophene rings is 1. The maximum absolute atomic E-state index is 12.4. The molecule has 0 aliphatic rings. The number of rotatable bonds is 2. The van der Waals surface area contributed by atoms with Crippen LogP contribution in [0, 0.1) is 13.8 Å². The fourth-order valence-electron chi connectivity index (χ4n) is 2.11. The molecule has 3 heterocycles. The minimum Gasteiger partial charge on any atom is -0.396 e. The summed E-state index contributed by atoms with van der Waals surface area (Å²) in [6, 6.07) is 7.43. The van der Waals surface area contributed by atoms with Gasteiger partial charge in [0.15, 0.2) is 0 Å².